The maximum Gasteiger partial charge on any atom is 0.348 e. The summed E-state index contributed by atoms with van der Waals surface area (Å²) in [6.45, 7) is 5.73. The zero-order chi connectivity index (χ0) is 22.8. The van der Waals surface area contributed by atoms with Crippen molar-refractivity contribution in [1.29, 1.82) is 0 Å². The van der Waals surface area contributed by atoms with Gasteiger partial charge in [-0.3, -0.25) is 14.2 Å². The van der Waals surface area contributed by atoms with Crippen LogP contribution in [0.2, 0.25) is 0 Å². The Balaban J connectivity index is 1.59. The molecule has 32 heavy (non-hydrogen) atoms. The average Bonchev–Trinajstić information content (AvgIpc) is 3.11. The second-order valence-corrected chi connectivity index (χ2v) is 8.98. The Morgan fingerprint density at radius 3 is 2.69 bits per heavy atom. The number of esters is 1. The number of amides is 1. The molecule has 0 saturated carbocycles. The van der Waals surface area contributed by atoms with Crippen molar-refractivity contribution in [2.24, 2.45) is 5.92 Å². The van der Waals surface area contributed by atoms with Crippen molar-refractivity contribution in [3.05, 3.63) is 69.6 Å². The number of aromatic nitrogens is 2. The highest BCUT2D eigenvalue weighted by atomic mass is 32.1. The van der Waals surface area contributed by atoms with E-state index in [9.17, 15) is 14.4 Å². The van der Waals surface area contributed by atoms with Gasteiger partial charge in [0.1, 0.15) is 16.3 Å². The second-order valence-electron chi connectivity index (χ2n) is 7.98. The Kier molecular flexibility index (Phi) is 6.05. The molecule has 0 atom stereocenters. The molecule has 0 aliphatic carbocycles. The normalized spacial score (nSPS) is 11.2. The molecule has 8 heteroatoms. The molecule has 0 spiro atoms. The van der Waals surface area contributed by atoms with Gasteiger partial charge in [0.15, 0.2) is 0 Å². The molecule has 2 aromatic heterocycles. The number of aryl methyl sites for hydroxylation is 1. The number of fused-ring (bicyclic) bond motifs is 2. The monoisotopic (exact) mass is 449 g/mol. The summed E-state index contributed by atoms with van der Waals surface area (Å²) < 4.78 is 6.56. The van der Waals surface area contributed by atoms with E-state index in [1.54, 1.807) is 6.92 Å². The lowest BCUT2D eigenvalue weighted by Gasteiger charge is -2.10. The smallest absolute Gasteiger partial charge is 0.348 e. The molecule has 0 aliphatic rings. The summed E-state index contributed by atoms with van der Waals surface area (Å²) in [5.74, 6) is -0.586. The molecule has 4 rings (SSSR count). The van der Waals surface area contributed by atoms with Gasteiger partial charge in [-0.15, -0.1) is 11.3 Å². The fourth-order valence-electron chi connectivity index (χ4n) is 3.45. The summed E-state index contributed by atoms with van der Waals surface area (Å²) in [5.41, 5.74) is 0.844. The van der Waals surface area contributed by atoms with Gasteiger partial charge in [0, 0.05) is 11.1 Å². The number of nitrogens with one attached hydrogen (secondary N) is 1. The van der Waals surface area contributed by atoms with Crippen molar-refractivity contribution in [3.8, 4) is 0 Å². The molecule has 2 heterocycles. The molecule has 0 fully saturated rings. The van der Waals surface area contributed by atoms with Crippen molar-refractivity contribution in [2.45, 2.75) is 27.3 Å². The minimum absolute atomic E-state index is 0.187. The minimum atomic E-state index is -0.459. The number of hydrogen-bond donors (Lipinski definition) is 1. The molecular formula is C24H23N3O4S. The summed E-state index contributed by atoms with van der Waals surface area (Å²) in [7, 11) is 0. The van der Waals surface area contributed by atoms with Crippen molar-refractivity contribution in [2.75, 3.05) is 11.9 Å². The molecule has 1 N–H and O–H groups in total. The van der Waals surface area contributed by atoms with Crippen LogP contribution in [0, 0.1) is 12.8 Å². The van der Waals surface area contributed by atoms with Gasteiger partial charge in [-0.05, 0) is 29.9 Å². The van der Waals surface area contributed by atoms with E-state index in [2.05, 4.69) is 10.3 Å². The molecule has 0 radical (unpaired) electrons. The zero-order valence-corrected chi connectivity index (χ0v) is 18.9. The number of carbonyl (C=O) groups excluding carboxylic acids is 2. The summed E-state index contributed by atoms with van der Waals surface area (Å²) >= 11 is 1.13. The number of anilines is 1. The van der Waals surface area contributed by atoms with Crippen LogP contribution in [0.1, 0.15) is 29.1 Å². The molecule has 4 aromatic rings. The van der Waals surface area contributed by atoms with E-state index in [0.29, 0.717) is 33.0 Å². The summed E-state index contributed by atoms with van der Waals surface area (Å²) in [4.78, 5) is 43.3. The van der Waals surface area contributed by atoms with Crippen LogP contribution in [0.15, 0.2) is 53.6 Å². The molecule has 0 bridgehead atoms. The van der Waals surface area contributed by atoms with Crippen LogP contribution in [0.3, 0.4) is 0 Å². The van der Waals surface area contributed by atoms with E-state index in [-0.39, 0.29) is 23.9 Å². The predicted octanol–water partition coefficient (Wildman–Crippen LogP) is 4.37. The predicted molar refractivity (Wildman–Crippen MR) is 126 cm³/mol. The third-order valence-corrected chi connectivity index (χ3v) is 6.21. The first-order valence-corrected chi connectivity index (χ1v) is 11.1. The van der Waals surface area contributed by atoms with E-state index >= 15 is 0 Å². The third-order valence-electron chi connectivity index (χ3n) is 5.03. The van der Waals surface area contributed by atoms with Crippen LogP contribution in [0.25, 0.3) is 21.0 Å². The van der Waals surface area contributed by atoms with E-state index in [4.69, 9.17) is 4.74 Å². The van der Waals surface area contributed by atoms with Crippen LogP contribution in [0.5, 0.6) is 0 Å². The molecule has 164 valence electrons. The van der Waals surface area contributed by atoms with Gasteiger partial charge in [0.2, 0.25) is 5.91 Å². The van der Waals surface area contributed by atoms with Crippen molar-refractivity contribution < 1.29 is 14.3 Å². The average molecular weight is 450 g/mol. The summed E-state index contributed by atoms with van der Waals surface area (Å²) in [5, 5.41) is 5.15. The highest BCUT2D eigenvalue weighted by molar-refractivity contribution is 7.20. The van der Waals surface area contributed by atoms with Crippen LogP contribution in [-0.2, 0) is 16.1 Å². The highest BCUT2D eigenvalue weighted by Crippen LogP contribution is 2.28. The van der Waals surface area contributed by atoms with E-state index in [1.165, 1.54) is 10.9 Å². The van der Waals surface area contributed by atoms with Crippen molar-refractivity contribution in [1.82, 2.24) is 9.55 Å². The largest absolute Gasteiger partial charge is 0.461 e. The van der Waals surface area contributed by atoms with Gasteiger partial charge in [-0.25, -0.2) is 9.78 Å². The van der Waals surface area contributed by atoms with E-state index in [1.807, 2.05) is 56.3 Å². The molecule has 1 amide bonds. The van der Waals surface area contributed by atoms with Gasteiger partial charge in [-0.1, -0.05) is 50.2 Å². The SMILES string of the molecule is Cc1c(C(=O)OCC(C)C)sc2ncn(CC(=O)Nc3cccc4ccccc34)c(=O)c12. The number of carbonyl (C=O) groups is 2. The second kappa shape index (κ2) is 8.92. The topological polar surface area (TPSA) is 90.3 Å². The van der Waals surface area contributed by atoms with Gasteiger partial charge in [0.05, 0.1) is 18.3 Å². The molecular weight excluding hydrogens is 426 g/mol. The van der Waals surface area contributed by atoms with Gasteiger partial charge in [-0.2, -0.15) is 0 Å². The maximum absolute atomic E-state index is 13.0. The number of thiophene rings is 1. The molecule has 0 saturated heterocycles. The number of benzene rings is 2. The van der Waals surface area contributed by atoms with Gasteiger partial charge in [0.25, 0.3) is 5.56 Å². The number of hydrogen-bond acceptors (Lipinski definition) is 6. The quantitative estimate of drug-likeness (QED) is 0.442. The Labute approximate surface area is 188 Å². The molecule has 2 aromatic carbocycles. The number of rotatable bonds is 6. The minimum Gasteiger partial charge on any atom is -0.461 e. The lowest BCUT2D eigenvalue weighted by molar-refractivity contribution is -0.116. The fourth-order valence-corrected chi connectivity index (χ4v) is 4.49. The van der Waals surface area contributed by atoms with Gasteiger partial charge < -0.3 is 10.1 Å². The van der Waals surface area contributed by atoms with E-state index < -0.39 is 5.97 Å². The van der Waals surface area contributed by atoms with Crippen LogP contribution < -0.4 is 10.9 Å². The van der Waals surface area contributed by atoms with E-state index in [0.717, 1.165) is 22.1 Å². The third kappa shape index (κ3) is 4.27. The van der Waals surface area contributed by atoms with Gasteiger partial charge >= 0.3 is 5.97 Å². The molecule has 7 nitrogen and oxygen atoms in total. The Hall–Kier alpha value is -3.52. The lowest BCUT2D eigenvalue weighted by atomic mass is 10.1. The molecule has 0 unspecified atom stereocenters. The Morgan fingerprint density at radius 2 is 1.91 bits per heavy atom. The van der Waals surface area contributed by atoms with Crippen molar-refractivity contribution >= 4 is 49.9 Å². The fraction of sp³-hybridized carbons (Fsp3) is 0.250. The summed E-state index contributed by atoms with van der Waals surface area (Å²) in [6.07, 6.45) is 1.34. The van der Waals surface area contributed by atoms with Crippen molar-refractivity contribution in [3.63, 3.8) is 0 Å². The zero-order valence-electron chi connectivity index (χ0n) is 18.0. The standard InChI is InChI=1S/C24H23N3O4S/c1-14(2)12-31-24(30)21-15(3)20-22(32-21)25-13-27(23(20)29)11-19(28)26-18-10-6-8-16-7-4-5-9-17(16)18/h4-10,13-14H,11-12H2,1-3H3,(H,26,28). The lowest BCUT2D eigenvalue weighted by Crippen LogP contribution is -2.28. The van der Waals surface area contributed by atoms with Crippen LogP contribution in [-0.4, -0.2) is 28.0 Å². The first-order valence-electron chi connectivity index (χ1n) is 10.3. The van der Waals surface area contributed by atoms with Crippen LogP contribution in [0.4, 0.5) is 5.69 Å². The van der Waals surface area contributed by atoms with Crippen LogP contribution >= 0.6 is 11.3 Å². The Bertz CT molecular complexity index is 1380. The highest BCUT2D eigenvalue weighted by Gasteiger charge is 2.21. The number of ether oxygens (including phenoxy) is 1. The first kappa shape index (κ1) is 21.7. The molecule has 0 aliphatic heterocycles. The first-order chi connectivity index (χ1) is 15.3. The summed E-state index contributed by atoms with van der Waals surface area (Å²) in [6, 6.07) is 13.4. The number of nitrogens with zero attached hydrogens (tertiary/aromatic N) is 2. The maximum atomic E-state index is 13.0. The Morgan fingerprint density at radius 1 is 1.16 bits per heavy atom.